The van der Waals surface area contributed by atoms with Crippen LogP contribution in [-0.2, 0) is 4.74 Å². The molecule has 0 atom stereocenters. The molecular formula is C16H24F3IN4O3. The highest BCUT2D eigenvalue weighted by atomic mass is 127. The normalized spacial score (nSPS) is 12.0. The Balaban J connectivity index is 0.00000676. The topological polar surface area (TPSA) is 89.2 Å². The second-order valence-corrected chi connectivity index (χ2v) is 6.34. The minimum atomic E-state index is -4.82. The predicted molar refractivity (Wildman–Crippen MR) is 108 cm³/mol. The summed E-state index contributed by atoms with van der Waals surface area (Å²) < 4.78 is 46.2. The molecule has 0 fully saturated rings. The average Bonchev–Trinajstić information content (AvgIpc) is 2.46. The van der Waals surface area contributed by atoms with Gasteiger partial charge in [0.15, 0.2) is 11.7 Å². The Morgan fingerprint density at radius 2 is 1.85 bits per heavy atom. The summed E-state index contributed by atoms with van der Waals surface area (Å²) in [6.07, 6.45) is -5.33. The zero-order chi connectivity index (χ0) is 20.0. The Morgan fingerprint density at radius 1 is 1.26 bits per heavy atom. The van der Waals surface area contributed by atoms with Crippen LogP contribution in [0.1, 0.15) is 20.8 Å². The summed E-state index contributed by atoms with van der Waals surface area (Å²) >= 11 is 0. The van der Waals surface area contributed by atoms with Crippen LogP contribution in [0.5, 0.6) is 5.75 Å². The lowest BCUT2D eigenvalue weighted by molar-refractivity contribution is -0.274. The second kappa shape index (κ2) is 10.4. The number of amides is 1. The summed E-state index contributed by atoms with van der Waals surface area (Å²) in [5.74, 6) is -0.537. The summed E-state index contributed by atoms with van der Waals surface area (Å²) in [5, 5.41) is 2.54. The smallest absolute Gasteiger partial charge is 0.444 e. The van der Waals surface area contributed by atoms with Gasteiger partial charge in [0.1, 0.15) is 5.60 Å². The number of alkyl halides is 3. The average molecular weight is 504 g/mol. The Bertz CT molecular complexity index is 649. The molecule has 1 aromatic rings. The quantitative estimate of drug-likeness (QED) is 0.362. The molecule has 0 spiro atoms. The Hall–Kier alpha value is -1.92. The molecule has 0 heterocycles. The third-order valence-electron chi connectivity index (χ3n) is 2.80. The molecule has 0 aliphatic rings. The monoisotopic (exact) mass is 504 g/mol. The van der Waals surface area contributed by atoms with Crippen LogP contribution >= 0.6 is 24.0 Å². The van der Waals surface area contributed by atoms with Crippen molar-refractivity contribution in [1.82, 2.24) is 4.90 Å². The van der Waals surface area contributed by atoms with Gasteiger partial charge in [-0.2, -0.15) is 0 Å². The van der Waals surface area contributed by atoms with E-state index in [2.05, 4.69) is 15.0 Å². The number of nitrogens with one attached hydrogen (secondary N) is 1. The summed E-state index contributed by atoms with van der Waals surface area (Å²) in [6, 6.07) is 5.44. The van der Waals surface area contributed by atoms with Crippen molar-refractivity contribution in [2.75, 3.05) is 25.5 Å². The van der Waals surface area contributed by atoms with E-state index >= 15 is 0 Å². The fourth-order valence-electron chi connectivity index (χ4n) is 1.71. The highest BCUT2D eigenvalue weighted by Gasteiger charge is 2.32. The third-order valence-corrected chi connectivity index (χ3v) is 2.80. The first-order chi connectivity index (χ1) is 11.9. The number of hydrogen-bond acceptors (Lipinski definition) is 4. The first kappa shape index (κ1) is 25.1. The number of benzene rings is 1. The van der Waals surface area contributed by atoms with E-state index in [4.69, 9.17) is 10.5 Å². The van der Waals surface area contributed by atoms with Gasteiger partial charge in [0, 0.05) is 13.6 Å². The van der Waals surface area contributed by atoms with Gasteiger partial charge in [-0.3, -0.25) is 4.99 Å². The van der Waals surface area contributed by atoms with Gasteiger partial charge in [-0.25, -0.2) is 4.79 Å². The molecule has 0 aliphatic heterocycles. The number of guanidine groups is 1. The Labute approximate surface area is 173 Å². The minimum absolute atomic E-state index is 0. The molecule has 1 rings (SSSR count). The van der Waals surface area contributed by atoms with E-state index < -0.39 is 23.8 Å². The molecule has 0 saturated heterocycles. The zero-order valence-corrected chi connectivity index (χ0v) is 17.8. The molecular weight excluding hydrogens is 480 g/mol. The van der Waals surface area contributed by atoms with Gasteiger partial charge in [-0.15, -0.1) is 37.1 Å². The van der Waals surface area contributed by atoms with Gasteiger partial charge in [0.05, 0.1) is 12.2 Å². The van der Waals surface area contributed by atoms with Crippen molar-refractivity contribution in [1.29, 1.82) is 0 Å². The molecule has 0 aliphatic carbocycles. The number of carbonyl (C=O) groups excluding carboxylic acids is 1. The van der Waals surface area contributed by atoms with Gasteiger partial charge in [0.2, 0.25) is 0 Å². The van der Waals surface area contributed by atoms with Gasteiger partial charge >= 0.3 is 12.5 Å². The number of aliphatic imine (C=N–C) groups is 1. The van der Waals surface area contributed by atoms with Crippen LogP contribution in [-0.4, -0.2) is 49.1 Å². The number of carbonyl (C=O) groups is 1. The van der Waals surface area contributed by atoms with Gasteiger partial charge in [-0.05, 0) is 32.9 Å². The van der Waals surface area contributed by atoms with Crippen LogP contribution in [0.2, 0.25) is 0 Å². The molecule has 0 radical (unpaired) electrons. The largest absolute Gasteiger partial charge is 0.573 e. The number of hydrogen-bond donors (Lipinski definition) is 2. The summed E-state index contributed by atoms with van der Waals surface area (Å²) in [4.78, 5) is 17.1. The molecule has 0 unspecified atom stereocenters. The molecule has 0 aromatic heterocycles. The highest BCUT2D eigenvalue weighted by molar-refractivity contribution is 14.0. The van der Waals surface area contributed by atoms with Crippen molar-refractivity contribution in [3.05, 3.63) is 24.3 Å². The van der Waals surface area contributed by atoms with Crippen LogP contribution in [0.4, 0.5) is 23.7 Å². The predicted octanol–water partition coefficient (Wildman–Crippen LogP) is 3.80. The van der Waals surface area contributed by atoms with E-state index in [1.807, 2.05) is 0 Å². The molecule has 27 heavy (non-hydrogen) atoms. The molecule has 3 N–H and O–H groups in total. The van der Waals surface area contributed by atoms with E-state index in [0.29, 0.717) is 0 Å². The van der Waals surface area contributed by atoms with Crippen molar-refractivity contribution >= 4 is 41.7 Å². The lowest BCUT2D eigenvalue weighted by Crippen LogP contribution is -2.36. The van der Waals surface area contributed by atoms with Crippen LogP contribution in [0.15, 0.2) is 29.3 Å². The number of nitrogens with zero attached hydrogens (tertiary/aromatic N) is 2. The summed E-state index contributed by atoms with van der Waals surface area (Å²) in [6.45, 7) is 5.60. The maximum absolute atomic E-state index is 12.4. The molecule has 11 heteroatoms. The molecule has 1 amide bonds. The molecule has 7 nitrogen and oxygen atoms in total. The van der Waals surface area contributed by atoms with Gasteiger partial charge in [-0.1, -0.05) is 12.1 Å². The molecule has 154 valence electrons. The van der Waals surface area contributed by atoms with E-state index in [1.54, 1.807) is 27.8 Å². The van der Waals surface area contributed by atoms with Crippen LogP contribution in [0.25, 0.3) is 0 Å². The fourth-order valence-corrected chi connectivity index (χ4v) is 1.71. The SMILES string of the molecule is CN(CCN=C(N)Nc1ccccc1OC(F)(F)F)C(=O)OC(C)(C)C.I. The lowest BCUT2D eigenvalue weighted by Gasteiger charge is -2.24. The van der Waals surface area contributed by atoms with Crippen molar-refractivity contribution in [2.24, 2.45) is 10.7 Å². The fraction of sp³-hybridized carbons (Fsp3) is 0.500. The lowest BCUT2D eigenvalue weighted by atomic mass is 10.2. The zero-order valence-electron chi connectivity index (χ0n) is 15.5. The van der Waals surface area contributed by atoms with Crippen molar-refractivity contribution in [2.45, 2.75) is 32.7 Å². The van der Waals surface area contributed by atoms with Crippen molar-refractivity contribution < 1.29 is 27.4 Å². The Morgan fingerprint density at radius 3 is 2.41 bits per heavy atom. The van der Waals surface area contributed by atoms with E-state index in [0.717, 1.165) is 6.07 Å². The van der Waals surface area contributed by atoms with Crippen LogP contribution in [0, 0.1) is 0 Å². The number of para-hydroxylation sites is 2. The molecule has 0 bridgehead atoms. The first-order valence-corrected chi connectivity index (χ1v) is 7.73. The van der Waals surface area contributed by atoms with Crippen molar-refractivity contribution in [3.63, 3.8) is 0 Å². The van der Waals surface area contributed by atoms with Crippen LogP contribution < -0.4 is 15.8 Å². The van der Waals surface area contributed by atoms with Crippen LogP contribution in [0.3, 0.4) is 0 Å². The summed E-state index contributed by atoms with van der Waals surface area (Å²) in [7, 11) is 1.54. The first-order valence-electron chi connectivity index (χ1n) is 7.73. The van der Waals surface area contributed by atoms with E-state index in [-0.39, 0.29) is 48.7 Å². The third kappa shape index (κ3) is 10.7. The highest BCUT2D eigenvalue weighted by Crippen LogP contribution is 2.29. The van der Waals surface area contributed by atoms with Gasteiger partial charge in [0.25, 0.3) is 0 Å². The number of nitrogens with two attached hydrogens (primary N) is 1. The summed E-state index contributed by atoms with van der Waals surface area (Å²) in [5.41, 5.74) is 5.08. The van der Waals surface area contributed by atoms with E-state index in [1.165, 1.54) is 23.1 Å². The van der Waals surface area contributed by atoms with Crippen molar-refractivity contribution in [3.8, 4) is 5.75 Å². The maximum atomic E-state index is 12.4. The number of ether oxygens (including phenoxy) is 2. The number of likely N-dealkylation sites (N-methyl/N-ethyl adjacent to an activating group) is 1. The van der Waals surface area contributed by atoms with Gasteiger partial charge < -0.3 is 25.4 Å². The standard InChI is InChI=1S/C16H23F3N4O3.HI/c1-15(2,3)26-14(24)23(4)10-9-21-13(20)22-11-7-5-6-8-12(11)25-16(17,18)19;/h5-8H,9-10H2,1-4H3,(H3,20,21,22);1H. The number of anilines is 1. The maximum Gasteiger partial charge on any atom is 0.573 e. The number of halogens is 4. The second-order valence-electron chi connectivity index (χ2n) is 6.34. The number of rotatable bonds is 5. The Kier molecular flexibility index (Phi) is 9.68. The minimum Gasteiger partial charge on any atom is -0.444 e. The molecule has 0 saturated carbocycles. The van der Waals surface area contributed by atoms with E-state index in [9.17, 15) is 18.0 Å². The molecule has 1 aromatic carbocycles.